The second-order valence-electron chi connectivity index (χ2n) is 4.96. The number of carbonyl (C=O) groups is 1. The lowest BCUT2D eigenvalue weighted by molar-refractivity contribution is -0.127. The first-order valence-electron chi connectivity index (χ1n) is 6.72. The van der Waals surface area contributed by atoms with E-state index in [1.807, 2.05) is 0 Å². The quantitative estimate of drug-likeness (QED) is 0.694. The first-order chi connectivity index (χ1) is 7.69. The van der Waals surface area contributed by atoms with Crippen LogP contribution >= 0.6 is 0 Å². The summed E-state index contributed by atoms with van der Waals surface area (Å²) in [5.41, 5.74) is 7.31. The molecular weight excluding hydrogens is 200 g/mol. The summed E-state index contributed by atoms with van der Waals surface area (Å²) in [5, 5.41) is 2.93. The largest absolute Gasteiger partial charge is 0.354 e. The monoisotopic (exact) mass is 225 g/mol. The Kier molecular flexibility index (Phi) is 5.81. The highest BCUT2D eigenvalue weighted by molar-refractivity contribution is 5.85. The normalized spacial score (nSPS) is 19.4. The minimum atomic E-state index is -0.816. The van der Waals surface area contributed by atoms with Gasteiger partial charge in [-0.2, -0.15) is 0 Å². The Hall–Kier alpha value is -0.570. The summed E-state index contributed by atoms with van der Waals surface area (Å²) >= 11 is 0. The van der Waals surface area contributed by atoms with Gasteiger partial charge in [-0.3, -0.25) is 4.79 Å². The third-order valence-corrected chi connectivity index (χ3v) is 3.46. The highest BCUT2D eigenvalue weighted by Crippen LogP contribution is 2.27. The van der Waals surface area contributed by atoms with Gasteiger partial charge in [-0.1, -0.05) is 45.4 Å². The number of nitrogens with one attached hydrogen (secondary N) is 2. The first kappa shape index (κ1) is 13.5. The molecule has 16 heavy (non-hydrogen) atoms. The van der Waals surface area contributed by atoms with Gasteiger partial charge in [-0.25, -0.2) is 5.73 Å². The number of hydrogen-bond donors (Lipinski definition) is 1. The molecule has 0 bridgehead atoms. The Morgan fingerprint density at radius 2 is 1.88 bits per heavy atom. The fraction of sp³-hybridized carbons (Fsp3) is 0.923. The van der Waals surface area contributed by atoms with Crippen LogP contribution in [0.2, 0.25) is 0 Å². The number of hydrogen-bond acceptors (Lipinski definition) is 1. The molecule has 0 spiro atoms. The van der Waals surface area contributed by atoms with E-state index in [1.54, 1.807) is 0 Å². The molecule has 0 heterocycles. The fourth-order valence-electron chi connectivity index (χ4n) is 2.31. The van der Waals surface area contributed by atoms with Gasteiger partial charge in [-0.15, -0.1) is 0 Å². The van der Waals surface area contributed by atoms with Crippen LogP contribution in [0.4, 0.5) is 0 Å². The lowest BCUT2D eigenvalue weighted by Gasteiger charge is -2.30. The van der Waals surface area contributed by atoms with Gasteiger partial charge < -0.3 is 5.32 Å². The van der Waals surface area contributed by atoms with Gasteiger partial charge >= 0.3 is 0 Å². The smallest absolute Gasteiger partial charge is 0.241 e. The van der Waals surface area contributed by atoms with Gasteiger partial charge in [0.2, 0.25) is 5.91 Å². The third kappa shape index (κ3) is 4.12. The van der Waals surface area contributed by atoms with Crippen molar-refractivity contribution in [1.82, 2.24) is 11.1 Å². The number of carbonyl (C=O) groups excluding carboxylic acids is 1. The Balaban J connectivity index is 2.18. The maximum Gasteiger partial charge on any atom is 0.241 e. The molecule has 1 amide bonds. The lowest BCUT2D eigenvalue weighted by Crippen LogP contribution is -2.49. The van der Waals surface area contributed by atoms with E-state index in [1.165, 1.54) is 25.7 Å². The zero-order valence-corrected chi connectivity index (χ0v) is 10.5. The molecule has 3 heteroatoms. The van der Waals surface area contributed by atoms with Crippen molar-refractivity contribution in [2.24, 2.45) is 0 Å². The predicted molar refractivity (Wildman–Crippen MR) is 66.1 cm³/mol. The predicted octanol–water partition coefficient (Wildman–Crippen LogP) is 2.67. The minimum Gasteiger partial charge on any atom is -0.354 e. The van der Waals surface area contributed by atoms with E-state index >= 15 is 0 Å². The average Bonchev–Trinajstić information content (AvgIpc) is 2.29. The summed E-state index contributed by atoms with van der Waals surface area (Å²) < 4.78 is 0. The summed E-state index contributed by atoms with van der Waals surface area (Å²) in [6.45, 7) is 2.93. The van der Waals surface area contributed by atoms with Crippen molar-refractivity contribution >= 4 is 5.91 Å². The van der Waals surface area contributed by atoms with Gasteiger partial charge in [0.25, 0.3) is 0 Å². The third-order valence-electron chi connectivity index (χ3n) is 3.46. The molecule has 93 valence electrons. The molecule has 0 aromatic heterocycles. The van der Waals surface area contributed by atoms with Crippen LogP contribution in [0.3, 0.4) is 0 Å². The molecule has 1 aliphatic carbocycles. The van der Waals surface area contributed by atoms with Crippen molar-refractivity contribution < 1.29 is 4.79 Å². The fourth-order valence-corrected chi connectivity index (χ4v) is 2.31. The molecule has 1 rings (SSSR count). The Bertz CT molecular complexity index is 210. The summed E-state index contributed by atoms with van der Waals surface area (Å²) in [5.74, 6) is -0.0382. The van der Waals surface area contributed by atoms with Crippen LogP contribution in [0.25, 0.3) is 0 Å². The molecule has 0 unspecified atom stereocenters. The summed E-state index contributed by atoms with van der Waals surface area (Å²) in [4.78, 5) is 11.9. The summed E-state index contributed by atoms with van der Waals surface area (Å²) in [6.07, 6.45) is 9.43. The van der Waals surface area contributed by atoms with Gasteiger partial charge in [-0.05, 0) is 19.3 Å². The van der Waals surface area contributed by atoms with Gasteiger partial charge in [0.15, 0.2) is 0 Å². The maximum absolute atomic E-state index is 11.9. The highest BCUT2D eigenvalue weighted by Gasteiger charge is 2.35. The summed E-state index contributed by atoms with van der Waals surface area (Å²) in [7, 11) is 0. The molecule has 1 radical (unpaired) electrons. The molecule has 0 saturated heterocycles. The Morgan fingerprint density at radius 3 is 2.50 bits per heavy atom. The Labute approximate surface area is 99.2 Å². The number of unbranched alkanes of at least 4 members (excludes halogenated alkanes) is 3. The van der Waals surface area contributed by atoms with Crippen LogP contribution in [0.5, 0.6) is 0 Å². The molecule has 1 saturated carbocycles. The van der Waals surface area contributed by atoms with Crippen molar-refractivity contribution in [3.8, 4) is 0 Å². The van der Waals surface area contributed by atoms with Crippen LogP contribution in [0.1, 0.15) is 64.7 Å². The molecule has 0 aromatic rings. The van der Waals surface area contributed by atoms with Crippen LogP contribution in [0, 0.1) is 0 Å². The van der Waals surface area contributed by atoms with Crippen molar-refractivity contribution in [1.29, 1.82) is 0 Å². The van der Waals surface area contributed by atoms with Crippen LogP contribution in [-0.4, -0.2) is 18.0 Å². The zero-order chi connectivity index (χ0) is 11.9. The van der Waals surface area contributed by atoms with E-state index in [0.717, 1.165) is 38.6 Å². The van der Waals surface area contributed by atoms with E-state index in [2.05, 4.69) is 12.2 Å². The van der Waals surface area contributed by atoms with Crippen LogP contribution < -0.4 is 11.1 Å². The van der Waals surface area contributed by atoms with Crippen molar-refractivity contribution in [3.05, 3.63) is 0 Å². The maximum atomic E-state index is 11.9. The van der Waals surface area contributed by atoms with Crippen LogP contribution in [-0.2, 0) is 4.79 Å². The number of amides is 1. The topological polar surface area (TPSA) is 52.9 Å². The zero-order valence-electron chi connectivity index (χ0n) is 10.5. The van der Waals surface area contributed by atoms with Crippen molar-refractivity contribution in [2.45, 2.75) is 70.3 Å². The standard InChI is InChI=1S/C13H25N2O/c1-2-3-4-8-11-15-12(16)13(14)9-6-5-7-10-13/h14H,2-11H2,1H3,(H,15,16). The molecule has 1 aliphatic rings. The minimum absolute atomic E-state index is 0.0382. The van der Waals surface area contributed by atoms with E-state index in [9.17, 15) is 4.79 Å². The highest BCUT2D eigenvalue weighted by atomic mass is 16.2. The molecule has 0 atom stereocenters. The van der Waals surface area contributed by atoms with E-state index in [-0.39, 0.29) is 5.91 Å². The van der Waals surface area contributed by atoms with Gasteiger partial charge in [0, 0.05) is 6.54 Å². The second kappa shape index (κ2) is 6.89. The lowest BCUT2D eigenvalue weighted by atomic mass is 9.82. The number of rotatable bonds is 6. The van der Waals surface area contributed by atoms with Gasteiger partial charge in [0.05, 0.1) is 0 Å². The SMILES string of the molecule is CCCCCCNC(=O)C1([NH])CCCCC1. The summed E-state index contributed by atoms with van der Waals surface area (Å²) in [6, 6.07) is 0. The van der Waals surface area contributed by atoms with E-state index < -0.39 is 5.54 Å². The van der Waals surface area contributed by atoms with E-state index in [0.29, 0.717) is 0 Å². The molecule has 2 N–H and O–H groups in total. The molecule has 0 aromatic carbocycles. The van der Waals surface area contributed by atoms with Gasteiger partial charge in [0.1, 0.15) is 5.54 Å². The Morgan fingerprint density at radius 1 is 1.19 bits per heavy atom. The molecular formula is C13H25N2O. The van der Waals surface area contributed by atoms with E-state index in [4.69, 9.17) is 5.73 Å². The van der Waals surface area contributed by atoms with Crippen LogP contribution in [0.15, 0.2) is 0 Å². The van der Waals surface area contributed by atoms with Crippen molar-refractivity contribution in [2.75, 3.05) is 6.54 Å². The molecule has 1 fully saturated rings. The first-order valence-corrected chi connectivity index (χ1v) is 6.72. The molecule has 3 nitrogen and oxygen atoms in total. The average molecular weight is 225 g/mol. The molecule has 0 aliphatic heterocycles. The van der Waals surface area contributed by atoms with Crippen molar-refractivity contribution in [3.63, 3.8) is 0 Å². The second-order valence-corrected chi connectivity index (χ2v) is 4.96.